The van der Waals surface area contributed by atoms with E-state index in [-0.39, 0.29) is 0 Å². The SMILES string of the molecule is CC(CS(=O)(=O)F)C(=O)O. The number of aliphatic carboxylic acids is 1. The lowest BCUT2D eigenvalue weighted by Gasteiger charge is -1.99. The van der Waals surface area contributed by atoms with Crippen molar-refractivity contribution >= 4 is 16.2 Å². The number of rotatable bonds is 3. The van der Waals surface area contributed by atoms with E-state index in [0.29, 0.717) is 0 Å². The summed E-state index contributed by atoms with van der Waals surface area (Å²) in [6, 6.07) is 0. The van der Waals surface area contributed by atoms with Gasteiger partial charge in [0.15, 0.2) is 0 Å². The number of carboxylic acids is 1. The maximum absolute atomic E-state index is 11.7. The number of carbonyl (C=O) groups is 1. The fraction of sp³-hybridized carbons (Fsp3) is 0.750. The zero-order valence-corrected chi connectivity index (χ0v) is 6.06. The topological polar surface area (TPSA) is 71.4 Å². The van der Waals surface area contributed by atoms with E-state index in [2.05, 4.69) is 0 Å². The molecule has 4 nitrogen and oxygen atoms in total. The Morgan fingerprint density at radius 1 is 1.70 bits per heavy atom. The third-order valence-corrected chi connectivity index (χ3v) is 1.77. The molecule has 60 valence electrons. The monoisotopic (exact) mass is 170 g/mol. The molecule has 0 aliphatic carbocycles. The van der Waals surface area contributed by atoms with Crippen molar-refractivity contribution in [3.63, 3.8) is 0 Å². The van der Waals surface area contributed by atoms with Crippen molar-refractivity contribution in [2.24, 2.45) is 5.92 Å². The molecule has 0 aromatic heterocycles. The Labute approximate surface area is 57.9 Å². The number of hydrogen-bond donors (Lipinski definition) is 1. The quantitative estimate of drug-likeness (QED) is 0.605. The van der Waals surface area contributed by atoms with E-state index in [0.717, 1.165) is 6.92 Å². The predicted molar refractivity (Wildman–Crippen MR) is 31.7 cm³/mol. The number of halogens is 1. The highest BCUT2D eigenvalue weighted by atomic mass is 32.3. The largest absolute Gasteiger partial charge is 0.481 e. The Hall–Kier alpha value is -0.650. The Balaban J connectivity index is 4.06. The molecular formula is C4H7FO4S. The lowest BCUT2D eigenvalue weighted by Crippen LogP contribution is -2.18. The molecule has 1 unspecified atom stereocenters. The highest BCUT2D eigenvalue weighted by Gasteiger charge is 2.19. The third-order valence-electron chi connectivity index (χ3n) is 0.871. The number of hydrogen-bond acceptors (Lipinski definition) is 3. The van der Waals surface area contributed by atoms with E-state index in [4.69, 9.17) is 5.11 Å². The Kier molecular flexibility index (Phi) is 2.77. The minimum atomic E-state index is -4.65. The highest BCUT2D eigenvalue weighted by Crippen LogP contribution is 2.01. The molecular weight excluding hydrogens is 163 g/mol. The molecule has 0 radical (unpaired) electrons. The Morgan fingerprint density at radius 3 is 2.20 bits per heavy atom. The number of carboxylic acid groups (broad SMARTS) is 1. The lowest BCUT2D eigenvalue weighted by molar-refractivity contribution is -0.140. The van der Waals surface area contributed by atoms with Gasteiger partial charge in [0, 0.05) is 0 Å². The van der Waals surface area contributed by atoms with Gasteiger partial charge in [0.2, 0.25) is 0 Å². The minimum absolute atomic E-state index is 0.956. The minimum Gasteiger partial charge on any atom is -0.481 e. The van der Waals surface area contributed by atoms with Crippen LogP contribution in [0.15, 0.2) is 0 Å². The van der Waals surface area contributed by atoms with Gasteiger partial charge in [-0.25, -0.2) is 0 Å². The van der Waals surface area contributed by atoms with Crippen LogP contribution in [0, 0.1) is 5.92 Å². The van der Waals surface area contributed by atoms with Gasteiger partial charge in [0.05, 0.1) is 11.7 Å². The van der Waals surface area contributed by atoms with Crippen LogP contribution in [-0.2, 0) is 15.0 Å². The summed E-state index contributed by atoms with van der Waals surface area (Å²) >= 11 is 0. The summed E-state index contributed by atoms with van der Waals surface area (Å²) in [4.78, 5) is 9.95. The van der Waals surface area contributed by atoms with Gasteiger partial charge in [-0.05, 0) is 0 Å². The van der Waals surface area contributed by atoms with E-state index in [9.17, 15) is 17.1 Å². The van der Waals surface area contributed by atoms with Crippen LogP contribution in [0.25, 0.3) is 0 Å². The fourth-order valence-electron chi connectivity index (χ4n) is 0.370. The van der Waals surface area contributed by atoms with Crippen molar-refractivity contribution in [1.82, 2.24) is 0 Å². The van der Waals surface area contributed by atoms with Crippen LogP contribution >= 0.6 is 0 Å². The molecule has 0 spiro atoms. The Bertz CT molecular complexity index is 219. The molecule has 0 bridgehead atoms. The molecule has 0 aromatic carbocycles. The summed E-state index contributed by atoms with van der Waals surface area (Å²) in [6.07, 6.45) is 0. The zero-order chi connectivity index (χ0) is 8.36. The van der Waals surface area contributed by atoms with Gasteiger partial charge in [0.1, 0.15) is 0 Å². The molecule has 0 aromatic rings. The van der Waals surface area contributed by atoms with E-state index in [1.807, 2.05) is 0 Å². The van der Waals surface area contributed by atoms with Crippen molar-refractivity contribution in [2.45, 2.75) is 6.92 Å². The van der Waals surface area contributed by atoms with Gasteiger partial charge in [-0.3, -0.25) is 4.79 Å². The lowest BCUT2D eigenvalue weighted by atomic mass is 10.2. The first-order valence-electron chi connectivity index (χ1n) is 2.48. The maximum atomic E-state index is 11.7. The summed E-state index contributed by atoms with van der Waals surface area (Å²) in [5, 5.41) is 8.11. The molecule has 0 saturated heterocycles. The van der Waals surface area contributed by atoms with Gasteiger partial charge in [-0.2, -0.15) is 8.42 Å². The van der Waals surface area contributed by atoms with Crippen LogP contribution in [-0.4, -0.2) is 25.2 Å². The highest BCUT2D eigenvalue weighted by molar-refractivity contribution is 7.86. The third kappa shape index (κ3) is 4.25. The second-order valence-electron chi connectivity index (χ2n) is 1.94. The van der Waals surface area contributed by atoms with E-state index in [1.165, 1.54) is 0 Å². The van der Waals surface area contributed by atoms with E-state index >= 15 is 0 Å². The maximum Gasteiger partial charge on any atom is 0.307 e. The van der Waals surface area contributed by atoms with Crippen LogP contribution in [0.1, 0.15) is 6.92 Å². The molecule has 10 heavy (non-hydrogen) atoms. The van der Waals surface area contributed by atoms with Gasteiger partial charge < -0.3 is 5.11 Å². The van der Waals surface area contributed by atoms with Crippen molar-refractivity contribution in [3.8, 4) is 0 Å². The molecule has 0 saturated carbocycles. The first kappa shape index (κ1) is 9.35. The van der Waals surface area contributed by atoms with Crippen molar-refractivity contribution in [3.05, 3.63) is 0 Å². The fourth-order valence-corrected chi connectivity index (χ4v) is 1.11. The summed E-state index contributed by atoms with van der Waals surface area (Å²) < 4.78 is 31.3. The second-order valence-corrected chi connectivity index (χ2v) is 3.36. The van der Waals surface area contributed by atoms with Gasteiger partial charge in [-0.15, -0.1) is 3.89 Å². The standard InChI is InChI=1S/C4H7FO4S/c1-3(4(6)7)2-10(5,8)9/h3H,2H2,1H3,(H,6,7). The smallest absolute Gasteiger partial charge is 0.307 e. The van der Waals surface area contributed by atoms with Gasteiger partial charge >= 0.3 is 16.2 Å². The predicted octanol–water partition coefficient (Wildman–Crippen LogP) is 0.00640. The molecule has 0 heterocycles. The average molecular weight is 170 g/mol. The van der Waals surface area contributed by atoms with Crippen molar-refractivity contribution < 1.29 is 22.2 Å². The van der Waals surface area contributed by atoms with Crippen molar-refractivity contribution in [2.75, 3.05) is 5.75 Å². The van der Waals surface area contributed by atoms with Crippen LogP contribution in [0.4, 0.5) is 3.89 Å². The Morgan fingerprint density at radius 2 is 2.10 bits per heavy atom. The molecule has 6 heteroatoms. The molecule has 1 N–H and O–H groups in total. The summed E-state index contributed by atoms with van der Waals surface area (Å²) in [6.45, 7) is 1.12. The molecule has 0 rings (SSSR count). The van der Waals surface area contributed by atoms with Crippen LogP contribution in [0.5, 0.6) is 0 Å². The van der Waals surface area contributed by atoms with E-state index < -0.39 is 27.9 Å². The normalized spacial score (nSPS) is 14.6. The average Bonchev–Trinajstić information content (AvgIpc) is 1.60. The molecule has 1 atom stereocenters. The van der Waals surface area contributed by atoms with Gasteiger partial charge in [0.25, 0.3) is 0 Å². The van der Waals surface area contributed by atoms with Crippen molar-refractivity contribution in [1.29, 1.82) is 0 Å². The first-order valence-corrected chi connectivity index (χ1v) is 4.03. The second kappa shape index (κ2) is 2.96. The molecule has 0 fully saturated rings. The van der Waals surface area contributed by atoms with Crippen LogP contribution in [0.3, 0.4) is 0 Å². The molecule has 0 amide bonds. The molecule has 0 aliphatic rings. The van der Waals surface area contributed by atoms with Crippen LogP contribution < -0.4 is 0 Å². The van der Waals surface area contributed by atoms with Gasteiger partial charge in [-0.1, -0.05) is 6.92 Å². The van der Waals surface area contributed by atoms with E-state index in [1.54, 1.807) is 0 Å². The molecule has 0 aliphatic heterocycles. The first-order chi connectivity index (χ1) is 4.33. The summed E-state index contributed by atoms with van der Waals surface area (Å²) in [5.41, 5.74) is 0. The zero-order valence-electron chi connectivity index (χ0n) is 5.24. The summed E-state index contributed by atoms with van der Waals surface area (Å²) in [7, 11) is -4.65. The summed E-state index contributed by atoms with van der Waals surface area (Å²) in [5.74, 6) is -3.46. The van der Waals surface area contributed by atoms with Crippen LogP contribution in [0.2, 0.25) is 0 Å².